The molecule has 0 aliphatic rings. The lowest BCUT2D eigenvalue weighted by molar-refractivity contribution is 0.0696. The van der Waals surface area contributed by atoms with Gasteiger partial charge in [-0.25, -0.2) is 9.59 Å². The van der Waals surface area contributed by atoms with Crippen LogP contribution in [-0.4, -0.2) is 31.9 Å². The summed E-state index contributed by atoms with van der Waals surface area (Å²) in [5.41, 5.74) is 1.10. The van der Waals surface area contributed by atoms with E-state index in [2.05, 4.69) is 20.8 Å². The van der Waals surface area contributed by atoms with Crippen molar-refractivity contribution < 1.29 is 14.7 Å². The summed E-state index contributed by atoms with van der Waals surface area (Å²) < 4.78 is 1.69. The molecule has 0 saturated heterocycles. The molecular weight excluding hydrogens is 274 g/mol. The number of nitrogens with zero attached hydrogens (tertiary/aromatic N) is 3. The second-order valence-corrected chi connectivity index (χ2v) is 4.45. The maximum Gasteiger partial charge on any atom is 0.336 e. The molecule has 21 heavy (non-hydrogen) atoms. The summed E-state index contributed by atoms with van der Waals surface area (Å²) in [5.74, 6) is -0.420. The Morgan fingerprint density at radius 1 is 1.38 bits per heavy atom. The maximum absolute atomic E-state index is 11.8. The van der Waals surface area contributed by atoms with Gasteiger partial charge in [-0.15, -0.1) is 10.2 Å². The number of benzene rings is 1. The molecule has 1 aromatic carbocycles. The number of urea groups is 1. The zero-order chi connectivity index (χ0) is 15.4. The van der Waals surface area contributed by atoms with Crippen LogP contribution in [-0.2, 0) is 13.6 Å². The number of amides is 2. The molecule has 0 atom stereocenters. The van der Waals surface area contributed by atoms with E-state index in [4.69, 9.17) is 5.11 Å². The van der Waals surface area contributed by atoms with Crippen LogP contribution in [0, 0.1) is 6.92 Å². The average Bonchev–Trinajstić information content (AvgIpc) is 2.84. The van der Waals surface area contributed by atoms with Gasteiger partial charge in [-0.2, -0.15) is 0 Å². The van der Waals surface area contributed by atoms with Gasteiger partial charge in [0.1, 0.15) is 6.33 Å². The Morgan fingerprint density at radius 2 is 2.14 bits per heavy atom. The zero-order valence-corrected chi connectivity index (χ0v) is 11.6. The molecule has 2 rings (SSSR count). The third-order valence-corrected chi connectivity index (χ3v) is 3.02. The number of aromatic nitrogens is 3. The van der Waals surface area contributed by atoms with Crippen LogP contribution < -0.4 is 10.6 Å². The number of carboxylic acids is 1. The predicted molar refractivity (Wildman–Crippen MR) is 75.0 cm³/mol. The summed E-state index contributed by atoms with van der Waals surface area (Å²) in [5, 5.41) is 21.8. The summed E-state index contributed by atoms with van der Waals surface area (Å²) in [6.07, 6.45) is 1.54. The molecule has 2 aromatic rings. The minimum absolute atomic E-state index is 0.154. The first-order chi connectivity index (χ1) is 9.99. The first kappa shape index (κ1) is 14.5. The molecule has 2 amide bonds. The molecule has 0 fully saturated rings. The number of nitrogens with one attached hydrogen (secondary N) is 2. The molecule has 0 bridgehead atoms. The molecule has 0 radical (unpaired) electrons. The third kappa shape index (κ3) is 3.35. The molecule has 0 saturated carbocycles. The number of aromatic carboxylic acids is 1. The van der Waals surface area contributed by atoms with Crippen LogP contribution in [0.1, 0.15) is 21.7 Å². The largest absolute Gasteiger partial charge is 0.478 e. The topological polar surface area (TPSA) is 109 Å². The number of anilines is 1. The number of carbonyl (C=O) groups is 2. The first-order valence-corrected chi connectivity index (χ1v) is 6.19. The van der Waals surface area contributed by atoms with Gasteiger partial charge in [0.05, 0.1) is 12.1 Å². The first-order valence-electron chi connectivity index (χ1n) is 6.19. The van der Waals surface area contributed by atoms with Crippen molar-refractivity contribution in [1.82, 2.24) is 20.1 Å². The quantitative estimate of drug-likeness (QED) is 0.782. The normalized spacial score (nSPS) is 10.2. The van der Waals surface area contributed by atoms with E-state index in [0.29, 0.717) is 17.1 Å². The molecule has 8 heteroatoms. The smallest absolute Gasteiger partial charge is 0.336 e. The summed E-state index contributed by atoms with van der Waals surface area (Å²) in [6.45, 7) is 1.86. The molecule has 0 aliphatic heterocycles. The highest BCUT2D eigenvalue weighted by molar-refractivity contribution is 5.95. The highest BCUT2D eigenvalue weighted by atomic mass is 16.4. The fourth-order valence-corrected chi connectivity index (χ4v) is 1.80. The van der Waals surface area contributed by atoms with Crippen LogP contribution >= 0.6 is 0 Å². The van der Waals surface area contributed by atoms with Gasteiger partial charge >= 0.3 is 12.0 Å². The molecule has 3 N–H and O–H groups in total. The molecule has 0 aliphatic carbocycles. The van der Waals surface area contributed by atoms with Gasteiger partial charge in [-0.3, -0.25) is 0 Å². The van der Waals surface area contributed by atoms with Crippen molar-refractivity contribution in [1.29, 1.82) is 0 Å². The van der Waals surface area contributed by atoms with E-state index >= 15 is 0 Å². The fraction of sp³-hybridized carbons (Fsp3) is 0.231. The predicted octanol–water partition coefficient (Wildman–Crippen LogP) is 1.14. The Morgan fingerprint density at radius 3 is 2.76 bits per heavy atom. The lowest BCUT2D eigenvalue weighted by atomic mass is 10.1. The van der Waals surface area contributed by atoms with Gasteiger partial charge in [0.25, 0.3) is 0 Å². The standard InChI is InChI=1S/C13H15N5O3/c1-8-9(12(19)20)4-3-5-10(8)16-13(21)14-6-11-17-15-7-18(11)2/h3-5,7H,6H2,1-2H3,(H,19,20)(H2,14,16,21). The van der Waals surface area contributed by atoms with Crippen molar-refractivity contribution >= 4 is 17.7 Å². The van der Waals surface area contributed by atoms with Crippen molar-refractivity contribution in [3.8, 4) is 0 Å². The van der Waals surface area contributed by atoms with Crippen molar-refractivity contribution in [2.75, 3.05) is 5.32 Å². The van der Waals surface area contributed by atoms with Crippen molar-refractivity contribution in [2.45, 2.75) is 13.5 Å². The summed E-state index contributed by atoms with van der Waals surface area (Å²) in [6, 6.07) is 4.27. The molecule has 8 nitrogen and oxygen atoms in total. The average molecular weight is 289 g/mol. The Bertz CT molecular complexity index is 680. The molecule has 0 unspecified atom stereocenters. The van der Waals surface area contributed by atoms with Crippen LogP contribution in [0.5, 0.6) is 0 Å². The van der Waals surface area contributed by atoms with Crippen LogP contribution in [0.3, 0.4) is 0 Å². The lowest BCUT2D eigenvalue weighted by Crippen LogP contribution is -2.29. The second-order valence-electron chi connectivity index (χ2n) is 4.45. The van der Waals surface area contributed by atoms with Crippen LogP contribution in [0.15, 0.2) is 24.5 Å². The third-order valence-electron chi connectivity index (χ3n) is 3.02. The van der Waals surface area contributed by atoms with E-state index in [-0.39, 0.29) is 12.1 Å². The van der Waals surface area contributed by atoms with E-state index < -0.39 is 12.0 Å². The van der Waals surface area contributed by atoms with Crippen LogP contribution in [0.4, 0.5) is 10.5 Å². The number of carboxylic acid groups (broad SMARTS) is 1. The van der Waals surface area contributed by atoms with Gasteiger partial charge in [0.2, 0.25) is 0 Å². The Kier molecular flexibility index (Phi) is 4.17. The molecule has 1 heterocycles. The van der Waals surface area contributed by atoms with Gasteiger partial charge in [0, 0.05) is 12.7 Å². The fourth-order valence-electron chi connectivity index (χ4n) is 1.80. The molecule has 110 valence electrons. The summed E-state index contributed by atoms with van der Waals surface area (Å²) >= 11 is 0. The Hall–Kier alpha value is -2.90. The molecule has 0 spiro atoms. The van der Waals surface area contributed by atoms with Crippen LogP contribution in [0.25, 0.3) is 0 Å². The number of carbonyl (C=O) groups excluding carboxylic acids is 1. The Balaban J connectivity index is 2.01. The number of hydrogen-bond donors (Lipinski definition) is 3. The molecular formula is C13H15N5O3. The lowest BCUT2D eigenvalue weighted by Gasteiger charge is -2.11. The van der Waals surface area contributed by atoms with Crippen molar-refractivity contribution in [3.05, 3.63) is 41.5 Å². The van der Waals surface area contributed by atoms with Gasteiger partial charge in [0.15, 0.2) is 5.82 Å². The van der Waals surface area contributed by atoms with E-state index in [1.165, 1.54) is 12.4 Å². The SMILES string of the molecule is Cc1c(NC(=O)NCc2nncn2C)cccc1C(=O)O. The van der Waals surface area contributed by atoms with E-state index in [1.807, 2.05) is 0 Å². The number of rotatable bonds is 4. The summed E-state index contributed by atoms with van der Waals surface area (Å²) in [7, 11) is 1.77. The number of aryl methyl sites for hydroxylation is 1. The maximum atomic E-state index is 11.8. The van der Waals surface area contributed by atoms with Gasteiger partial charge in [-0.1, -0.05) is 6.07 Å². The van der Waals surface area contributed by atoms with Crippen molar-refractivity contribution in [3.63, 3.8) is 0 Å². The van der Waals surface area contributed by atoms with E-state index in [9.17, 15) is 9.59 Å². The minimum atomic E-state index is -1.03. The second kappa shape index (κ2) is 6.04. The van der Waals surface area contributed by atoms with E-state index in [0.717, 1.165) is 0 Å². The highest BCUT2D eigenvalue weighted by Crippen LogP contribution is 2.18. The van der Waals surface area contributed by atoms with Crippen LogP contribution in [0.2, 0.25) is 0 Å². The van der Waals surface area contributed by atoms with Crippen molar-refractivity contribution in [2.24, 2.45) is 7.05 Å². The minimum Gasteiger partial charge on any atom is -0.478 e. The van der Waals surface area contributed by atoms with E-state index in [1.54, 1.807) is 30.7 Å². The zero-order valence-electron chi connectivity index (χ0n) is 11.6. The van der Waals surface area contributed by atoms with Gasteiger partial charge < -0.3 is 20.3 Å². The Labute approximate surface area is 120 Å². The molecule has 1 aromatic heterocycles. The van der Waals surface area contributed by atoms with Gasteiger partial charge in [-0.05, 0) is 24.6 Å². The summed E-state index contributed by atoms with van der Waals surface area (Å²) in [4.78, 5) is 22.9. The highest BCUT2D eigenvalue weighted by Gasteiger charge is 2.12. The monoisotopic (exact) mass is 289 g/mol. The number of hydrogen-bond acceptors (Lipinski definition) is 4.